The molecule has 0 heterocycles. The Morgan fingerprint density at radius 2 is 1.31 bits per heavy atom. The summed E-state index contributed by atoms with van der Waals surface area (Å²) < 4.78 is 43.4. The van der Waals surface area contributed by atoms with Gasteiger partial charge in [0.2, 0.25) is 0 Å². The van der Waals surface area contributed by atoms with Crippen LogP contribution in [0.3, 0.4) is 0 Å². The standard InChI is InChI=1S/C20H16F3N3O2S/c21-20(22,23)28-17-10-6-14(7-11-17)24-19(27)25-15-8-12-18(13-9-15)29-26-16-4-2-1-3-5-16/h1-13,26H,(H2,24,25,27). The molecule has 0 saturated heterocycles. The average molecular weight is 419 g/mol. The molecular formula is C20H16F3N3O2S. The highest BCUT2D eigenvalue weighted by Gasteiger charge is 2.30. The number of benzene rings is 3. The Balaban J connectivity index is 1.49. The number of amides is 2. The second-order valence-corrected chi connectivity index (χ2v) is 6.63. The minimum absolute atomic E-state index is 0.330. The molecule has 3 N–H and O–H groups in total. The Hall–Kier alpha value is -3.33. The van der Waals surface area contributed by atoms with Gasteiger partial charge < -0.3 is 20.1 Å². The van der Waals surface area contributed by atoms with Gasteiger partial charge in [-0.25, -0.2) is 4.79 Å². The number of nitrogens with one attached hydrogen (secondary N) is 3. The van der Waals surface area contributed by atoms with Gasteiger partial charge in [0.1, 0.15) is 5.75 Å². The quantitative estimate of drug-likeness (QED) is 0.408. The van der Waals surface area contributed by atoms with E-state index in [9.17, 15) is 18.0 Å². The second kappa shape index (κ2) is 9.24. The van der Waals surface area contributed by atoms with Crippen molar-refractivity contribution in [1.82, 2.24) is 0 Å². The van der Waals surface area contributed by atoms with Crippen molar-refractivity contribution in [3.05, 3.63) is 78.9 Å². The molecule has 29 heavy (non-hydrogen) atoms. The summed E-state index contributed by atoms with van der Waals surface area (Å²) in [6.07, 6.45) is -4.76. The molecule has 0 fully saturated rings. The smallest absolute Gasteiger partial charge is 0.406 e. The van der Waals surface area contributed by atoms with Crippen molar-refractivity contribution in [2.24, 2.45) is 0 Å². The number of anilines is 3. The number of ether oxygens (including phenoxy) is 1. The molecule has 2 amide bonds. The second-order valence-electron chi connectivity index (χ2n) is 5.75. The Kier molecular flexibility index (Phi) is 6.50. The number of urea groups is 1. The van der Waals surface area contributed by atoms with Crippen molar-refractivity contribution in [2.75, 3.05) is 15.4 Å². The third-order valence-corrected chi connectivity index (χ3v) is 4.36. The highest BCUT2D eigenvalue weighted by atomic mass is 32.2. The topological polar surface area (TPSA) is 62.4 Å². The molecule has 0 atom stereocenters. The fourth-order valence-corrected chi connectivity index (χ4v) is 2.91. The van der Waals surface area contributed by atoms with Gasteiger partial charge in [-0.05, 0) is 72.6 Å². The minimum Gasteiger partial charge on any atom is -0.406 e. The van der Waals surface area contributed by atoms with Crippen molar-refractivity contribution in [1.29, 1.82) is 0 Å². The fraction of sp³-hybridized carbons (Fsp3) is 0.0500. The summed E-state index contributed by atoms with van der Waals surface area (Å²) in [7, 11) is 0. The lowest BCUT2D eigenvalue weighted by molar-refractivity contribution is -0.274. The third kappa shape index (κ3) is 6.96. The van der Waals surface area contributed by atoms with E-state index < -0.39 is 12.4 Å². The monoisotopic (exact) mass is 419 g/mol. The van der Waals surface area contributed by atoms with Gasteiger partial charge in [0.15, 0.2) is 0 Å². The van der Waals surface area contributed by atoms with Crippen molar-refractivity contribution >= 4 is 35.0 Å². The zero-order valence-corrected chi connectivity index (χ0v) is 15.7. The first-order chi connectivity index (χ1) is 13.9. The van der Waals surface area contributed by atoms with E-state index in [-0.39, 0.29) is 5.75 Å². The molecule has 5 nitrogen and oxygen atoms in total. The first kappa shape index (κ1) is 20.4. The van der Waals surface area contributed by atoms with E-state index in [1.54, 1.807) is 12.1 Å². The molecule has 0 radical (unpaired) electrons. The number of hydrogen-bond donors (Lipinski definition) is 3. The van der Waals surface area contributed by atoms with Gasteiger partial charge >= 0.3 is 12.4 Å². The summed E-state index contributed by atoms with van der Waals surface area (Å²) in [6.45, 7) is 0. The van der Waals surface area contributed by atoms with E-state index in [0.717, 1.165) is 22.7 Å². The van der Waals surface area contributed by atoms with Gasteiger partial charge in [-0.2, -0.15) is 0 Å². The average Bonchev–Trinajstić information content (AvgIpc) is 2.69. The molecule has 0 saturated carbocycles. The van der Waals surface area contributed by atoms with Crippen molar-refractivity contribution < 1.29 is 22.7 Å². The van der Waals surface area contributed by atoms with Crippen LogP contribution in [0.15, 0.2) is 83.8 Å². The lowest BCUT2D eigenvalue weighted by Crippen LogP contribution is -2.19. The minimum atomic E-state index is -4.76. The molecule has 3 rings (SSSR count). The molecule has 150 valence electrons. The van der Waals surface area contributed by atoms with Gasteiger partial charge in [-0.15, -0.1) is 13.2 Å². The maximum absolute atomic E-state index is 12.2. The van der Waals surface area contributed by atoms with Crippen molar-refractivity contribution in [3.63, 3.8) is 0 Å². The fourth-order valence-electron chi connectivity index (χ4n) is 2.26. The maximum Gasteiger partial charge on any atom is 0.573 e. The molecule has 3 aromatic rings. The first-order valence-corrected chi connectivity index (χ1v) is 9.21. The van der Waals surface area contributed by atoms with Crippen molar-refractivity contribution in [3.8, 4) is 5.75 Å². The van der Waals surface area contributed by atoms with Crippen LogP contribution >= 0.6 is 11.9 Å². The predicted molar refractivity (Wildman–Crippen MR) is 108 cm³/mol. The Morgan fingerprint density at radius 3 is 1.86 bits per heavy atom. The van der Waals surface area contributed by atoms with Crippen LogP contribution in [0, 0.1) is 0 Å². The number of carbonyl (C=O) groups excluding carboxylic acids is 1. The predicted octanol–water partition coefficient (Wildman–Crippen LogP) is 6.35. The van der Waals surface area contributed by atoms with Gasteiger partial charge in [0, 0.05) is 22.0 Å². The van der Waals surface area contributed by atoms with Gasteiger partial charge in [0.25, 0.3) is 0 Å². The van der Waals surface area contributed by atoms with Crippen LogP contribution in [0.1, 0.15) is 0 Å². The lowest BCUT2D eigenvalue weighted by atomic mass is 10.3. The molecule has 0 unspecified atom stereocenters. The summed E-state index contributed by atoms with van der Waals surface area (Å²) in [5.74, 6) is -0.361. The van der Waals surface area contributed by atoms with Crippen LogP contribution in [0.5, 0.6) is 5.75 Å². The van der Waals surface area contributed by atoms with Crippen LogP contribution in [0.4, 0.5) is 35.0 Å². The largest absolute Gasteiger partial charge is 0.573 e. The number of halogens is 3. The van der Waals surface area contributed by atoms with Crippen LogP contribution in [-0.2, 0) is 0 Å². The van der Waals surface area contributed by atoms with Crippen LogP contribution in [-0.4, -0.2) is 12.4 Å². The molecule has 0 aromatic heterocycles. The van der Waals surface area contributed by atoms with Gasteiger partial charge in [-0.1, -0.05) is 18.2 Å². The van der Waals surface area contributed by atoms with E-state index >= 15 is 0 Å². The zero-order valence-electron chi connectivity index (χ0n) is 14.9. The molecule has 0 aliphatic rings. The number of alkyl halides is 3. The summed E-state index contributed by atoms with van der Waals surface area (Å²) in [5.41, 5.74) is 1.88. The van der Waals surface area contributed by atoms with Gasteiger partial charge in [0.05, 0.1) is 0 Å². The Labute approximate surface area is 169 Å². The maximum atomic E-state index is 12.2. The normalized spacial score (nSPS) is 10.9. The number of para-hydroxylation sites is 1. The third-order valence-electron chi connectivity index (χ3n) is 3.52. The molecule has 0 spiro atoms. The summed E-state index contributed by atoms with van der Waals surface area (Å²) in [5, 5.41) is 5.19. The molecule has 0 bridgehead atoms. The summed E-state index contributed by atoms with van der Waals surface area (Å²) in [6, 6.07) is 21.3. The lowest BCUT2D eigenvalue weighted by Gasteiger charge is -2.11. The van der Waals surface area contributed by atoms with Gasteiger partial charge in [-0.3, -0.25) is 0 Å². The highest BCUT2D eigenvalue weighted by Crippen LogP contribution is 2.25. The SMILES string of the molecule is O=C(Nc1ccc(OC(F)(F)F)cc1)Nc1ccc(SNc2ccccc2)cc1. The number of hydrogen-bond acceptors (Lipinski definition) is 4. The molecule has 9 heteroatoms. The highest BCUT2D eigenvalue weighted by molar-refractivity contribution is 8.00. The Bertz CT molecular complexity index is 934. The van der Waals surface area contributed by atoms with E-state index in [1.807, 2.05) is 42.5 Å². The van der Waals surface area contributed by atoms with Crippen molar-refractivity contribution in [2.45, 2.75) is 11.3 Å². The van der Waals surface area contributed by atoms with E-state index in [1.165, 1.54) is 24.1 Å². The molecule has 0 aliphatic carbocycles. The van der Waals surface area contributed by atoms with E-state index in [4.69, 9.17) is 0 Å². The van der Waals surface area contributed by atoms with E-state index in [0.29, 0.717) is 11.4 Å². The number of rotatable bonds is 6. The summed E-state index contributed by atoms with van der Waals surface area (Å²) >= 11 is 1.44. The van der Waals surface area contributed by atoms with Crippen LogP contribution < -0.4 is 20.1 Å². The Morgan fingerprint density at radius 1 is 0.759 bits per heavy atom. The van der Waals surface area contributed by atoms with Crippen LogP contribution in [0.2, 0.25) is 0 Å². The molecule has 3 aromatic carbocycles. The molecule has 0 aliphatic heterocycles. The van der Waals surface area contributed by atoms with Crippen LogP contribution in [0.25, 0.3) is 0 Å². The number of carbonyl (C=O) groups is 1. The zero-order chi connectivity index (χ0) is 20.7. The molecular weight excluding hydrogens is 403 g/mol. The van der Waals surface area contributed by atoms with E-state index in [2.05, 4.69) is 20.1 Å². The summed E-state index contributed by atoms with van der Waals surface area (Å²) in [4.78, 5) is 13.0. The first-order valence-electron chi connectivity index (χ1n) is 8.39.